The maximum atomic E-state index is 12.6. The Morgan fingerprint density at radius 2 is 1.86 bits per heavy atom. The van der Waals surface area contributed by atoms with Crippen LogP contribution in [0, 0.1) is 20.8 Å². The van der Waals surface area contributed by atoms with E-state index in [1.807, 2.05) is 13.8 Å². The molecule has 22 heavy (non-hydrogen) atoms. The molecule has 2 bridgehead atoms. The SMILES string of the molecule is Cc1cc(C)c(OCC(=O)N2C3CCNCC2CC3)c(C)c1. The summed E-state index contributed by atoms with van der Waals surface area (Å²) >= 11 is 0. The van der Waals surface area contributed by atoms with Crippen LogP contribution in [0.25, 0.3) is 0 Å². The van der Waals surface area contributed by atoms with Gasteiger partial charge in [-0.3, -0.25) is 4.79 Å². The first-order chi connectivity index (χ1) is 10.6. The molecule has 0 aliphatic carbocycles. The second-order valence-electron chi connectivity index (χ2n) is 6.70. The van der Waals surface area contributed by atoms with Crippen LogP contribution in [0.3, 0.4) is 0 Å². The average molecular weight is 302 g/mol. The van der Waals surface area contributed by atoms with Gasteiger partial charge in [0.2, 0.25) is 0 Å². The predicted octanol–water partition coefficient (Wildman–Crippen LogP) is 2.34. The summed E-state index contributed by atoms with van der Waals surface area (Å²) < 4.78 is 5.89. The van der Waals surface area contributed by atoms with Crippen molar-refractivity contribution in [2.24, 2.45) is 0 Å². The standard InChI is InChI=1S/C18H26N2O2/c1-12-8-13(2)18(14(3)9-12)22-11-17(21)20-15-4-5-16(20)10-19-7-6-15/h8-9,15-16,19H,4-7,10-11H2,1-3H3. The van der Waals surface area contributed by atoms with Crippen LogP contribution >= 0.6 is 0 Å². The summed E-state index contributed by atoms with van der Waals surface area (Å²) in [6.45, 7) is 8.25. The van der Waals surface area contributed by atoms with Crippen LogP contribution in [-0.4, -0.2) is 42.6 Å². The fraction of sp³-hybridized carbons (Fsp3) is 0.611. The van der Waals surface area contributed by atoms with Gasteiger partial charge in [-0.05, 0) is 57.7 Å². The molecule has 1 amide bonds. The number of benzene rings is 1. The lowest BCUT2D eigenvalue weighted by Gasteiger charge is -2.28. The first kappa shape index (κ1) is 15.3. The van der Waals surface area contributed by atoms with Crippen LogP contribution in [0.2, 0.25) is 0 Å². The summed E-state index contributed by atoms with van der Waals surface area (Å²) in [5, 5.41) is 3.43. The molecule has 4 nitrogen and oxygen atoms in total. The topological polar surface area (TPSA) is 41.6 Å². The predicted molar refractivity (Wildman–Crippen MR) is 87.3 cm³/mol. The van der Waals surface area contributed by atoms with Gasteiger partial charge >= 0.3 is 0 Å². The van der Waals surface area contributed by atoms with Crippen LogP contribution in [0.1, 0.15) is 36.0 Å². The van der Waals surface area contributed by atoms with Gasteiger partial charge < -0.3 is 15.0 Å². The largest absolute Gasteiger partial charge is 0.483 e. The molecule has 2 aliphatic rings. The van der Waals surface area contributed by atoms with Gasteiger partial charge in [0, 0.05) is 18.6 Å². The van der Waals surface area contributed by atoms with E-state index in [2.05, 4.69) is 29.3 Å². The molecule has 120 valence electrons. The van der Waals surface area contributed by atoms with Crippen molar-refractivity contribution < 1.29 is 9.53 Å². The van der Waals surface area contributed by atoms with Gasteiger partial charge in [0.15, 0.2) is 6.61 Å². The number of aryl methyl sites for hydroxylation is 3. The zero-order chi connectivity index (χ0) is 15.7. The molecule has 0 radical (unpaired) electrons. The molecule has 1 aromatic rings. The number of hydrogen-bond donors (Lipinski definition) is 1. The van der Waals surface area contributed by atoms with Crippen LogP contribution in [0.5, 0.6) is 5.75 Å². The molecule has 2 heterocycles. The van der Waals surface area contributed by atoms with Gasteiger partial charge in [0.05, 0.1) is 0 Å². The van der Waals surface area contributed by atoms with E-state index >= 15 is 0 Å². The van der Waals surface area contributed by atoms with E-state index in [9.17, 15) is 4.79 Å². The molecule has 1 aromatic carbocycles. The number of carbonyl (C=O) groups excluding carboxylic acids is 1. The smallest absolute Gasteiger partial charge is 0.261 e. The zero-order valence-corrected chi connectivity index (χ0v) is 13.8. The third-order valence-electron chi connectivity index (χ3n) is 4.89. The lowest BCUT2D eigenvalue weighted by Crippen LogP contribution is -2.44. The van der Waals surface area contributed by atoms with E-state index in [0.717, 1.165) is 49.2 Å². The molecule has 1 N–H and O–H groups in total. The van der Waals surface area contributed by atoms with Gasteiger partial charge in [-0.2, -0.15) is 0 Å². The maximum absolute atomic E-state index is 12.6. The number of nitrogens with zero attached hydrogens (tertiary/aromatic N) is 1. The monoisotopic (exact) mass is 302 g/mol. The van der Waals surface area contributed by atoms with Gasteiger partial charge in [0.25, 0.3) is 5.91 Å². The number of amides is 1. The quantitative estimate of drug-likeness (QED) is 0.932. The van der Waals surface area contributed by atoms with Crippen molar-refractivity contribution in [1.29, 1.82) is 0 Å². The molecule has 4 heteroatoms. The maximum Gasteiger partial charge on any atom is 0.261 e. The lowest BCUT2D eigenvalue weighted by molar-refractivity contribution is -0.136. The van der Waals surface area contributed by atoms with E-state index in [1.165, 1.54) is 5.56 Å². The minimum absolute atomic E-state index is 0.135. The number of hydrogen-bond acceptors (Lipinski definition) is 3. The number of carbonyl (C=O) groups is 1. The Bertz CT molecular complexity index is 533. The first-order valence-corrected chi connectivity index (χ1v) is 8.29. The molecule has 2 saturated heterocycles. The highest BCUT2D eigenvalue weighted by Crippen LogP contribution is 2.29. The lowest BCUT2D eigenvalue weighted by atomic mass is 10.1. The van der Waals surface area contributed by atoms with E-state index in [0.29, 0.717) is 12.1 Å². The molecule has 0 spiro atoms. The van der Waals surface area contributed by atoms with Crippen molar-refractivity contribution in [3.63, 3.8) is 0 Å². The van der Waals surface area contributed by atoms with E-state index in [1.54, 1.807) is 0 Å². The number of nitrogens with one attached hydrogen (secondary N) is 1. The van der Waals surface area contributed by atoms with E-state index < -0.39 is 0 Å². The van der Waals surface area contributed by atoms with Crippen molar-refractivity contribution in [2.75, 3.05) is 19.7 Å². The van der Waals surface area contributed by atoms with Crippen molar-refractivity contribution in [3.8, 4) is 5.75 Å². The Labute approximate surface area is 132 Å². The molecular formula is C18H26N2O2. The molecule has 2 aliphatic heterocycles. The Kier molecular flexibility index (Phi) is 4.39. The highest BCUT2D eigenvalue weighted by Gasteiger charge is 2.37. The van der Waals surface area contributed by atoms with Crippen LogP contribution in [-0.2, 0) is 4.79 Å². The number of fused-ring (bicyclic) bond motifs is 2. The molecule has 0 saturated carbocycles. The summed E-state index contributed by atoms with van der Waals surface area (Å²) in [6, 6.07) is 4.96. The zero-order valence-electron chi connectivity index (χ0n) is 13.8. The molecule has 2 atom stereocenters. The van der Waals surface area contributed by atoms with Crippen molar-refractivity contribution >= 4 is 5.91 Å². The third kappa shape index (κ3) is 2.98. The fourth-order valence-corrected chi connectivity index (χ4v) is 3.99. The molecule has 2 fully saturated rings. The highest BCUT2D eigenvalue weighted by molar-refractivity contribution is 5.79. The van der Waals surface area contributed by atoms with Crippen molar-refractivity contribution in [2.45, 2.75) is 52.1 Å². The second-order valence-corrected chi connectivity index (χ2v) is 6.70. The van der Waals surface area contributed by atoms with Crippen molar-refractivity contribution in [3.05, 3.63) is 28.8 Å². The molecule has 2 unspecified atom stereocenters. The Hall–Kier alpha value is -1.55. The third-order valence-corrected chi connectivity index (χ3v) is 4.89. The summed E-state index contributed by atoms with van der Waals surface area (Å²) in [7, 11) is 0. The normalized spacial score (nSPS) is 24.2. The van der Waals surface area contributed by atoms with Gasteiger partial charge in [0.1, 0.15) is 5.75 Å². The van der Waals surface area contributed by atoms with Crippen LogP contribution in [0.15, 0.2) is 12.1 Å². The highest BCUT2D eigenvalue weighted by atomic mass is 16.5. The second kappa shape index (κ2) is 6.29. The summed E-state index contributed by atoms with van der Waals surface area (Å²) in [5.41, 5.74) is 3.43. The van der Waals surface area contributed by atoms with Gasteiger partial charge in [-0.25, -0.2) is 0 Å². The summed E-state index contributed by atoms with van der Waals surface area (Å²) in [5.74, 6) is 0.995. The number of rotatable bonds is 3. The Morgan fingerprint density at radius 3 is 2.59 bits per heavy atom. The first-order valence-electron chi connectivity index (χ1n) is 8.29. The van der Waals surface area contributed by atoms with E-state index in [4.69, 9.17) is 4.74 Å². The molecule has 0 aromatic heterocycles. The summed E-state index contributed by atoms with van der Waals surface area (Å²) in [6.07, 6.45) is 3.32. The number of ether oxygens (including phenoxy) is 1. The van der Waals surface area contributed by atoms with Gasteiger partial charge in [-0.15, -0.1) is 0 Å². The van der Waals surface area contributed by atoms with Crippen molar-refractivity contribution in [1.82, 2.24) is 10.2 Å². The molecular weight excluding hydrogens is 276 g/mol. The Morgan fingerprint density at radius 1 is 1.18 bits per heavy atom. The van der Waals surface area contributed by atoms with E-state index in [-0.39, 0.29) is 12.5 Å². The summed E-state index contributed by atoms with van der Waals surface area (Å²) in [4.78, 5) is 14.7. The average Bonchev–Trinajstić information content (AvgIpc) is 2.70. The minimum Gasteiger partial charge on any atom is -0.483 e. The molecule has 3 rings (SSSR count). The van der Waals surface area contributed by atoms with Crippen LogP contribution in [0.4, 0.5) is 0 Å². The van der Waals surface area contributed by atoms with Gasteiger partial charge in [-0.1, -0.05) is 17.7 Å². The Balaban J connectivity index is 1.68. The van der Waals surface area contributed by atoms with Crippen LogP contribution < -0.4 is 10.1 Å². The fourth-order valence-electron chi connectivity index (χ4n) is 3.99. The minimum atomic E-state index is 0.135.